The van der Waals surface area contributed by atoms with Gasteiger partial charge in [-0.1, -0.05) is 24.3 Å². The molecule has 1 amide bonds. The molecule has 1 aliphatic heterocycles. The lowest BCUT2D eigenvalue weighted by Crippen LogP contribution is -2.38. The van der Waals surface area contributed by atoms with Crippen LogP contribution in [0.1, 0.15) is 40.9 Å². The molecule has 2 aromatic carbocycles. The number of amides is 1. The van der Waals surface area contributed by atoms with Crippen LogP contribution in [0.4, 0.5) is 14.6 Å². The van der Waals surface area contributed by atoms with Crippen molar-refractivity contribution in [3.8, 4) is 11.3 Å². The lowest BCUT2D eigenvalue weighted by atomic mass is 10.0. The van der Waals surface area contributed by atoms with E-state index in [2.05, 4.69) is 21.7 Å². The molecule has 9 heteroatoms. The summed E-state index contributed by atoms with van der Waals surface area (Å²) in [6.07, 6.45) is 0. The highest BCUT2D eigenvalue weighted by Gasteiger charge is 2.29. The van der Waals surface area contributed by atoms with Crippen LogP contribution in [0.2, 0.25) is 0 Å². The molecule has 0 fully saturated rings. The van der Waals surface area contributed by atoms with Gasteiger partial charge in [0.05, 0.1) is 5.69 Å². The highest BCUT2D eigenvalue weighted by Crippen LogP contribution is 2.32. The second-order valence-corrected chi connectivity index (χ2v) is 9.27. The maximum Gasteiger partial charge on any atom is 0.252 e. The predicted molar refractivity (Wildman–Crippen MR) is 137 cm³/mol. The van der Waals surface area contributed by atoms with Crippen molar-refractivity contribution in [2.45, 2.75) is 39.5 Å². The van der Waals surface area contributed by atoms with Crippen molar-refractivity contribution in [1.82, 2.24) is 20.6 Å². The van der Waals surface area contributed by atoms with Gasteiger partial charge in [-0.25, -0.2) is 19.2 Å². The first-order chi connectivity index (χ1) is 17.3. The van der Waals surface area contributed by atoms with E-state index in [9.17, 15) is 13.6 Å². The molecule has 0 atom stereocenters. The van der Waals surface area contributed by atoms with Crippen LogP contribution in [-0.2, 0) is 19.6 Å². The largest absolute Gasteiger partial charge is 0.348 e. The maximum atomic E-state index is 14.1. The Labute approximate surface area is 210 Å². The van der Waals surface area contributed by atoms with E-state index >= 15 is 0 Å². The third-order valence-electron chi connectivity index (χ3n) is 6.19. The van der Waals surface area contributed by atoms with Gasteiger partial charge >= 0.3 is 0 Å². The van der Waals surface area contributed by atoms with Crippen molar-refractivity contribution in [3.63, 3.8) is 0 Å². The van der Waals surface area contributed by atoms with Gasteiger partial charge < -0.3 is 16.0 Å². The van der Waals surface area contributed by atoms with Crippen molar-refractivity contribution in [2.75, 3.05) is 25.1 Å². The summed E-state index contributed by atoms with van der Waals surface area (Å²) >= 11 is 0. The summed E-state index contributed by atoms with van der Waals surface area (Å²) < 4.78 is 28.2. The van der Waals surface area contributed by atoms with E-state index in [1.165, 1.54) is 18.2 Å². The summed E-state index contributed by atoms with van der Waals surface area (Å²) in [5.41, 5.74) is 12.6. The lowest BCUT2D eigenvalue weighted by Gasteiger charge is -2.23. The molecule has 0 radical (unpaired) electrons. The number of halogens is 2. The number of hydrogen-bond donors (Lipinski definition) is 3. The van der Waals surface area contributed by atoms with Gasteiger partial charge in [0.1, 0.15) is 17.5 Å². The minimum Gasteiger partial charge on any atom is -0.348 e. The third kappa shape index (κ3) is 5.53. The van der Waals surface area contributed by atoms with Gasteiger partial charge in [-0.05, 0) is 50.7 Å². The first-order valence-electron chi connectivity index (χ1n) is 12.0. The fraction of sp³-hybridized carbons (Fsp3) is 0.333. The molecular formula is C27H32F2N6O. The molecule has 190 valence electrons. The minimum atomic E-state index is -0.694. The Morgan fingerprint density at radius 1 is 1.19 bits per heavy atom. The highest BCUT2D eigenvalue weighted by atomic mass is 19.1. The Morgan fingerprint density at radius 3 is 2.61 bits per heavy atom. The van der Waals surface area contributed by atoms with Crippen LogP contribution in [0.15, 0.2) is 48.5 Å². The summed E-state index contributed by atoms with van der Waals surface area (Å²) in [5.74, 6) is -1.13. The number of carbonyl (C=O) groups is 1. The number of aromatic nitrogens is 1. The summed E-state index contributed by atoms with van der Waals surface area (Å²) in [6.45, 7) is 6.34. The summed E-state index contributed by atoms with van der Waals surface area (Å²) in [6, 6.07) is 13.5. The van der Waals surface area contributed by atoms with Gasteiger partial charge in [0.15, 0.2) is 0 Å². The zero-order valence-electron chi connectivity index (χ0n) is 20.8. The first kappa shape index (κ1) is 25.7. The second-order valence-electron chi connectivity index (χ2n) is 9.27. The molecule has 1 aliphatic rings. The molecule has 1 aromatic heterocycles. The fourth-order valence-electron chi connectivity index (χ4n) is 4.35. The van der Waals surface area contributed by atoms with Crippen molar-refractivity contribution in [3.05, 3.63) is 82.4 Å². The van der Waals surface area contributed by atoms with Crippen LogP contribution in [0.5, 0.6) is 0 Å². The fourth-order valence-corrected chi connectivity index (χ4v) is 4.35. The smallest absolute Gasteiger partial charge is 0.252 e. The zero-order chi connectivity index (χ0) is 25.8. The average Bonchev–Trinajstić information content (AvgIpc) is 3.28. The number of nitrogens with zero attached hydrogens (tertiary/aromatic N) is 3. The van der Waals surface area contributed by atoms with E-state index in [0.717, 1.165) is 29.8 Å². The molecular weight excluding hydrogens is 462 g/mol. The van der Waals surface area contributed by atoms with Crippen LogP contribution in [0, 0.1) is 11.6 Å². The van der Waals surface area contributed by atoms with E-state index in [1.807, 2.05) is 44.1 Å². The van der Waals surface area contributed by atoms with Gasteiger partial charge in [-0.15, -0.1) is 0 Å². The van der Waals surface area contributed by atoms with E-state index < -0.39 is 17.5 Å². The number of pyridine rings is 1. The Morgan fingerprint density at radius 2 is 1.92 bits per heavy atom. The number of hydrazine groups is 1. The molecule has 4 N–H and O–H groups in total. The summed E-state index contributed by atoms with van der Waals surface area (Å²) in [5, 5.41) is 4.62. The van der Waals surface area contributed by atoms with Crippen LogP contribution in [0.3, 0.4) is 0 Å². The van der Waals surface area contributed by atoms with Gasteiger partial charge in [0.2, 0.25) is 0 Å². The molecule has 3 aromatic rings. The quantitative estimate of drug-likeness (QED) is 0.422. The number of anilines is 1. The SMILES string of the molecule is CC(C)N1NCc2c(C(=O)NCc3c(F)cccc3F)cc(-c3cccc(CN(C)CCN)c3)nc21. The van der Waals surface area contributed by atoms with E-state index in [4.69, 9.17) is 10.7 Å². The van der Waals surface area contributed by atoms with E-state index in [0.29, 0.717) is 30.2 Å². The molecule has 2 heterocycles. The minimum absolute atomic E-state index is 0.105. The average molecular weight is 495 g/mol. The number of likely N-dealkylation sites (N-methyl/N-ethyl adjacent to an activating group) is 1. The van der Waals surface area contributed by atoms with Crippen molar-refractivity contribution < 1.29 is 13.6 Å². The molecule has 0 unspecified atom stereocenters. The Balaban J connectivity index is 1.69. The van der Waals surface area contributed by atoms with E-state index in [1.54, 1.807) is 6.07 Å². The van der Waals surface area contributed by atoms with Gasteiger partial charge in [-0.2, -0.15) is 0 Å². The normalized spacial score (nSPS) is 12.9. The molecule has 0 aliphatic carbocycles. The number of rotatable bonds is 9. The number of fused-ring (bicyclic) bond motifs is 1. The molecule has 7 nitrogen and oxygen atoms in total. The Bertz CT molecular complexity index is 1230. The summed E-state index contributed by atoms with van der Waals surface area (Å²) in [4.78, 5) is 20.3. The predicted octanol–water partition coefficient (Wildman–Crippen LogP) is 3.58. The standard InChI is InChI=1S/C27H32F2N6O/c1-17(2)35-26-21(15-32-35)20(27(36)31-14-22-23(28)8-5-9-24(22)29)13-25(33-26)19-7-4-6-18(12-19)16-34(3)11-10-30/h4-9,12-13,17,32H,10-11,14-16,30H2,1-3H3,(H,31,36). The van der Waals surface area contributed by atoms with Crippen LogP contribution in [0.25, 0.3) is 11.3 Å². The number of hydrogen-bond acceptors (Lipinski definition) is 6. The van der Waals surface area contributed by atoms with Crippen LogP contribution in [-0.4, -0.2) is 42.0 Å². The summed E-state index contributed by atoms with van der Waals surface area (Å²) in [7, 11) is 2.01. The number of nitrogens with one attached hydrogen (secondary N) is 2. The third-order valence-corrected chi connectivity index (χ3v) is 6.19. The van der Waals surface area contributed by atoms with Crippen molar-refractivity contribution in [2.24, 2.45) is 5.73 Å². The Hall–Kier alpha value is -3.40. The molecule has 4 rings (SSSR count). The first-order valence-corrected chi connectivity index (χ1v) is 12.0. The topological polar surface area (TPSA) is 86.5 Å². The van der Waals surface area contributed by atoms with Gasteiger partial charge in [0, 0.05) is 61.0 Å². The highest BCUT2D eigenvalue weighted by molar-refractivity contribution is 5.98. The number of benzene rings is 2. The van der Waals surface area contributed by atoms with Crippen molar-refractivity contribution in [1.29, 1.82) is 0 Å². The van der Waals surface area contributed by atoms with Crippen LogP contribution < -0.4 is 21.5 Å². The molecule has 0 spiro atoms. The van der Waals surface area contributed by atoms with E-state index in [-0.39, 0.29) is 18.2 Å². The monoisotopic (exact) mass is 494 g/mol. The second kappa shape index (κ2) is 11.1. The van der Waals surface area contributed by atoms with Crippen LogP contribution >= 0.6 is 0 Å². The number of nitrogens with two attached hydrogens (primary N) is 1. The lowest BCUT2D eigenvalue weighted by molar-refractivity contribution is 0.0949. The van der Waals surface area contributed by atoms with Gasteiger partial charge in [0.25, 0.3) is 5.91 Å². The molecule has 0 saturated heterocycles. The molecule has 0 bridgehead atoms. The van der Waals surface area contributed by atoms with Gasteiger partial charge in [-0.3, -0.25) is 9.80 Å². The molecule has 36 heavy (non-hydrogen) atoms. The Kier molecular flexibility index (Phi) is 7.93. The number of carbonyl (C=O) groups excluding carboxylic acids is 1. The maximum absolute atomic E-state index is 14.1. The molecule has 0 saturated carbocycles. The van der Waals surface area contributed by atoms with Crippen molar-refractivity contribution >= 4 is 11.7 Å². The zero-order valence-corrected chi connectivity index (χ0v) is 20.8.